The molecular weight excluding hydrogens is 480 g/mol. The van der Waals surface area contributed by atoms with Crippen molar-refractivity contribution in [2.75, 3.05) is 0 Å². The highest BCUT2D eigenvalue weighted by molar-refractivity contribution is 5.96. The summed E-state index contributed by atoms with van der Waals surface area (Å²) in [6, 6.07) is 0. The van der Waals surface area contributed by atoms with E-state index in [9.17, 15) is 24.3 Å². The predicted octanol–water partition coefficient (Wildman–Crippen LogP) is 2.40. The fraction of sp³-hybridized carbons (Fsp3) is 0.714. The Morgan fingerprint density at radius 2 is 1.76 bits per heavy atom. The second-order valence-corrected chi connectivity index (χ2v) is 12.9. The van der Waals surface area contributed by atoms with Gasteiger partial charge in [-0.1, -0.05) is 40.7 Å². The van der Waals surface area contributed by atoms with Gasteiger partial charge in [-0.05, 0) is 48.7 Å². The molecule has 6 aliphatic rings. The lowest BCUT2D eigenvalue weighted by Crippen LogP contribution is -2.74. The number of carbonyl (C=O) groups excluding carboxylic acids is 4. The fourth-order valence-corrected chi connectivity index (χ4v) is 9.38. The third kappa shape index (κ3) is 2.72. The maximum absolute atomic E-state index is 13.3. The minimum Gasteiger partial charge on any atom is -0.462 e. The zero-order valence-corrected chi connectivity index (χ0v) is 22.0. The molecule has 0 bridgehead atoms. The summed E-state index contributed by atoms with van der Waals surface area (Å²) in [5.41, 5.74) is -3.74. The third-order valence-corrected chi connectivity index (χ3v) is 11.1. The second kappa shape index (κ2) is 7.11. The molecule has 6 rings (SSSR count). The van der Waals surface area contributed by atoms with Gasteiger partial charge in [0, 0.05) is 23.2 Å². The van der Waals surface area contributed by atoms with E-state index in [2.05, 4.69) is 6.92 Å². The van der Waals surface area contributed by atoms with Crippen LogP contribution < -0.4 is 0 Å². The molecule has 3 aliphatic carbocycles. The normalized spacial score (nSPS) is 51.0. The van der Waals surface area contributed by atoms with E-state index in [1.807, 2.05) is 33.8 Å². The highest BCUT2D eigenvalue weighted by Crippen LogP contribution is 2.78. The van der Waals surface area contributed by atoms with E-state index in [1.165, 1.54) is 13.0 Å². The number of aliphatic hydroxyl groups excluding tert-OH is 1. The van der Waals surface area contributed by atoms with Crippen molar-refractivity contribution in [2.24, 2.45) is 33.5 Å². The summed E-state index contributed by atoms with van der Waals surface area (Å²) in [4.78, 5) is 51.3. The van der Waals surface area contributed by atoms with Gasteiger partial charge in [0.2, 0.25) is 6.29 Å². The molecule has 0 aromatic carbocycles. The molecule has 1 N–H and O–H groups in total. The van der Waals surface area contributed by atoms with E-state index in [-0.39, 0.29) is 23.2 Å². The summed E-state index contributed by atoms with van der Waals surface area (Å²) in [6.45, 7) is 11.4. The lowest BCUT2D eigenvalue weighted by Gasteiger charge is -2.68. The van der Waals surface area contributed by atoms with Crippen LogP contribution in [0, 0.1) is 33.5 Å². The summed E-state index contributed by atoms with van der Waals surface area (Å²) in [7, 11) is 0. The van der Waals surface area contributed by atoms with E-state index >= 15 is 0 Å². The van der Waals surface area contributed by atoms with Crippen LogP contribution in [0.5, 0.6) is 0 Å². The van der Waals surface area contributed by atoms with Crippen molar-refractivity contribution in [1.29, 1.82) is 0 Å². The molecule has 0 amide bonds. The van der Waals surface area contributed by atoms with E-state index < -0.39 is 69.8 Å². The Balaban J connectivity index is 1.54. The van der Waals surface area contributed by atoms with Crippen molar-refractivity contribution in [2.45, 2.75) is 91.0 Å². The van der Waals surface area contributed by atoms with E-state index in [0.717, 1.165) is 0 Å². The molecule has 9 nitrogen and oxygen atoms in total. The molecule has 3 aliphatic heterocycles. The minimum atomic E-state index is -1.40. The summed E-state index contributed by atoms with van der Waals surface area (Å²) < 4.78 is 23.2. The van der Waals surface area contributed by atoms with Crippen LogP contribution in [-0.4, -0.2) is 59.0 Å². The molecule has 37 heavy (non-hydrogen) atoms. The van der Waals surface area contributed by atoms with Gasteiger partial charge in [-0.3, -0.25) is 9.59 Å². The van der Waals surface area contributed by atoms with Crippen LogP contribution in [0.1, 0.15) is 60.8 Å². The standard InChI is InChI=1S/C28H34O9/c1-13(29)34-18-12-16-24(2,3)17(30)8-9-25(16,4)15-7-10-26(5)20(14-11-19(31)35-22(14)32)36-23(33)21-28(26,37-21)27(15,18)6/h8-9,11,15-16,18-21,31H,7,10,12H2,1-6H3/t15-,16+,18-,19-,20+,21-,25-,26+,27+,28-/m1/s1. The first-order valence-electron chi connectivity index (χ1n) is 13.0. The van der Waals surface area contributed by atoms with Gasteiger partial charge in [-0.2, -0.15) is 0 Å². The number of epoxide rings is 1. The number of esters is 3. The summed E-state index contributed by atoms with van der Waals surface area (Å²) in [6.07, 6.45) is 2.76. The van der Waals surface area contributed by atoms with E-state index in [4.69, 9.17) is 18.9 Å². The van der Waals surface area contributed by atoms with E-state index in [1.54, 1.807) is 6.08 Å². The van der Waals surface area contributed by atoms with Crippen LogP contribution in [0.2, 0.25) is 0 Å². The molecule has 0 unspecified atom stereocenters. The predicted molar refractivity (Wildman–Crippen MR) is 126 cm³/mol. The molecule has 9 heteroatoms. The summed E-state index contributed by atoms with van der Waals surface area (Å²) >= 11 is 0. The summed E-state index contributed by atoms with van der Waals surface area (Å²) in [5.74, 6) is -1.88. The topological polar surface area (TPSA) is 129 Å². The largest absolute Gasteiger partial charge is 0.462 e. The molecule has 2 saturated carbocycles. The third-order valence-electron chi connectivity index (χ3n) is 11.1. The van der Waals surface area contributed by atoms with Crippen LogP contribution in [-0.2, 0) is 38.1 Å². The number of allylic oxidation sites excluding steroid dienone is 2. The molecule has 1 spiro atoms. The van der Waals surface area contributed by atoms with Gasteiger partial charge in [0.25, 0.3) is 0 Å². The Morgan fingerprint density at radius 1 is 1.05 bits per heavy atom. The van der Waals surface area contributed by atoms with Crippen LogP contribution in [0.15, 0.2) is 23.8 Å². The Bertz CT molecular complexity index is 1200. The highest BCUT2D eigenvalue weighted by Gasteiger charge is 2.88. The van der Waals surface area contributed by atoms with Crippen molar-refractivity contribution in [3.63, 3.8) is 0 Å². The highest BCUT2D eigenvalue weighted by atomic mass is 16.7. The lowest BCUT2D eigenvalue weighted by molar-refractivity contribution is -0.247. The van der Waals surface area contributed by atoms with Gasteiger partial charge in [-0.25, -0.2) is 9.59 Å². The number of hydrogen-bond acceptors (Lipinski definition) is 9. The van der Waals surface area contributed by atoms with Crippen LogP contribution >= 0.6 is 0 Å². The molecule has 3 heterocycles. The van der Waals surface area contributed by atoms with Gasteiger partial charge >= 0.3 is 17.9 Å². The second-order valence-electron chi connectivity index (χ2n) is 12.9. The number of fused-ring (bicyclic) bond motifs is 3. The molecule has 0 aromatic heterocycles. The molecule has 0 aromatic rings. The monoisotopic (exact) mass is 514 g/mol. The van der Waals surface area contributed by atoms with Gasteiger partial charge in [0.15, 0.2) is 11.9 Å². The molecule has 200 valence electrons. The van der Waals surface area contributed by atoms with Crippen LogP contribution in [0.25, 0.3) is 0 Å². The average molecular weight is 515 g/mol. The number of ketones is 1. The molecular formula is C28H34O9. The fourth-order valence-electron chi connectivity index (χ4n) is 9.38. The Labute approximate surface area is 215 Å². The van der Waals surface area contributed by atoms with Crippen molar-refractivity contribution in [1.82, 2.24) is 0 Å². The van der Waals surface area contributed by atoms with Gasteiger partial charge in [-0.15, -0.1) is 0 Å². The number of carbonyl (C=O) groups is 4. The SMILES string of the molecule is CC(=O)O[C@@H]1C[C@H]2C(C)(C)C(=O)C=C[C@]2(C)[C@H]2CC[C@@]3(C)[C@H](C4=C[C@H](O)OC4=O)OC(=O)[C@H]4O[C@]43[C@@]21C. The number of aliphatic hydroxyl groups is 1. The van der Waals surface area contributed by atoms with Crippen LogP contribution in [0.4, 0.5) is 0 Å². The zero-order chi connectivity index (χ0) is 26.9. The van der Waals surface area contributed by atoms with Crippen molar-refractivity contribution >= 4 is 23.7 Å². The zero-order valence-electron chi connectivity index (χ0n) is 22.0. The molecule has 10 atom stereocenters. The minimum absolute atomic E-state index is 0.0473. The van der Waals surface area contributed by atoms with Gasteiger partial charge in [0.05, 0.1) is 5.57 Å². The molecule has 0 radical (unpaired) electrons. The Hall–Kier alpha value is -2.52. The van der Waals surface area contributed by atoms with Crippen LogP contribution in [0.3, 0.4) is 0 Å². The molecule has 2 saturated heterocycles. The Morgan fingerprint density at radius 3 is 2.38 bits per heavy atom. The van der Waals surface area contributed by atoms with Crippen molar-refractivity contribution in [3.8, 4) is 0 Å². The average Bonchev–Trinajstić information content (AvgIpc) is 3.49. The number of hydrogen-bond donors (Lipinski definition) is 1. The lowest BCUT2D eigenvalue weighted by atomic mass is 9.35. The Kier molecular flexibility index (Phi) is 4.77. The maximum Gasteiger partial charge on any atom is 0.340 e. The maximum atomic E-state index is 13.3. The first kappa shape index (κ1) is 24.8. The smallest absolute Gasteiger partial charge is 0.340 e. The van der Waals surface area contributed by atoms with Gasteiger partial charge in [0.1, 0.15) is 17.8 Å². The van der Waals surface area contributed by atoms with Crippen molar-refractivity contribution < 1.29 is 43.2 Å². The van der Waals surface area contributed by atoms with Crippen molar-refractivity contribution in [3.05, 3.63) is 23.8 Å². The molecule has 4 fully saturated rings. The quantitative estimate of drug-likeness (QED) is 0.335. The first-order valence-corrected chi connectivity index (χ1v) is 13.0. The number of rotatable bonds is 2. The number of ether oxygens (including phenoxy) is 4. The van der Waals surface area contributed by atoms with E-state index in [0.29, 0.717) is 19.3 Å². The first-order chi connectivity index (χ1) is 17.1. The summed E-state index contributed by atoms with van der Waals surface area (Å²) in [5, 5.41) is 9.95. The van der Waals surface area contributed by atoms with Gasteiger partial charge < -0.3 is 24.1 Å². The number of cyclic esters (lactones) is 2.